The summed E-state index contributed by atoms with van der Waals surface area (Å²) in [5.41, 5.74) is 7.07. The quantitative estimate of drug-likeness (QED) is 0.707. The molecule has 20 heavy (non-hydrogen) atoms. The van der Waals surface area contributed by atoms with Gasteiger partial charge in [-0.3, -0.25) is 4.79 Å². The van der Waals surface area contributed by atoms with Gasteiger partial charge in [-0.25, -0.2) is 0 Å². The van der Waals surface area contributed by atoms with E-state index in [0.29, 0.717) is 21.3 Å². The number of nitrogens with two attached hydrogens (primary N) is 1. The number of amides is 1. The van der Waals surface area contributed by atoms with Crippen LogP contribution in [0.15, 0.2) is 35.7 Å². The number of fused-ring (bicyclic) bond motifs is 1. The van der Waals surface area contributed by atoms with E-state index in [9.17, 15) is 4.79 Å². The molecule has 0 saturated carbocycles. The van der Waals surface area contributed by atoms with E-state index in [1.54, 1.807) is 36.6 Å². The molecule has 0 bridgehead atoms. The van der Waals surface area contributed by atoms with Crippen LogP contribution in [0.25, 0.3) is 9.40 Å². The molecule has 0 aliphatic heterocycles. The van der Waals surface area contributed by atoms with Crippen molar-refractivity contribution in [2.24, 2.45) is 0 Å². The molecule has 6 heteroatoms. The van der Waals surface area contributed by atoms with Gasteiger partial charge in [0.05, 0.1) is 16.3 Å². The molecule has 1 amide bonds. The van der Waals surface area contributed by atoms with Gasteiger partial charge in [0.1, 0.15) is 0 Å². The van der Waals surface area contributed by atoms with Crippen molar-refractivity contribution in [1.82, 2.24) is 0 Å². The second-order valence-electron chi connectivity index (χ2n) is 4.33. The lowest BCUT2D eigenvalue weighted by molar-refractivity contribution is 0.0997. The summed E-state index contributed by atoms with van der Waals surface area (Å²) in [5.74, 6) is -0.0765. The van der Waals surface area contributed by atoms with E-state index in [2.05, 4.69) is 0 Å². The zero-order valence-corrected chi connectivity index (χ0v) is 13.0. The molecule has 3 nitrogen and oxygen atoms in total. The number of nitrogens with zero attached hydrogens (tertiary/aromatic N) is 1. The average molecular weight is 323 g/mol. The molecule has 0 radical (unpaired) electrons. The second-order valence-corrected chi connectivity index (χ2v) is 6.79. The zero-order chi connectivity index (χ0) is 14.3. The minimum absolute atomic E-state index is 0.0765. The summed E-state index contributed by atoms with van der Waals surface area (Å²) in [5, 5.41) is 2.58. The van der Waals surface area contributed by atoms with Gasteiger partial charge in [0.25, 0.3) is 5.91 Å². The lowest BCUT2D eigenvalue weighted by Gasteiger charge is -2.18. The molecule has 0 fully saturated rings. The predicted octanol–water partition coefficient (Wildman–Crippen LogP) is 4.48. The van der Waals surface area contributed by atoms with Gasteiger partial charge >= 0.3 is 0 Å². The van der Waals surface area contributed by atoms with E-state index in [1.165, 1.54) is 16.2 Å². The van der Waals surface area contributed by atoms with Gasteiger partial charge in [-0.1, -0.05) is 11.6 Å². The summed E-state index contributed by atoms with van der Waals surface area (Å²) in [6.07, 6.45) is 0. The van der Waals surface area contributed by atoms with Crippen molar-refractivity contribution in [3.05, 3.63) is 45.6 Å². The summed E-state index contributed by atoms with van der Waals surface area (Å²) in [6, 6.07) is 9.05. The summed E-state index contributed by atoms with van der Waals surface area (Å²) >= 11 is 9.09. The van der Waals surface area contributed by atoms with Crippen molar-refractivity contribution in [2.75, 3.05) is 17.7 Å². The Morgan fingerprint density at radius 1 is 1.25 bits per heavy atom. The van der Waals surface area contributed by atoms with Crippen LogP contribution in [0.3, 0.4) is 0 Å². The Morgan fingerprint density at radius 3 is 2.80 bits per heavy atom. The third-order valence-corrected chi connectivity index (χ3v) is 5.33. The predicted molar refractivity (Wildman–Crippen MR) is 88.3 cm³/mol. The highest BCUT2D eigenvalue weighted by Gasteiger charge is 2.18. The molecule has 3 aromatic rings. The highest BCUT2D eigenvalue weighted by atomic mass is 35.5. The fourth-order valence-electron chi connectivity index (χ4n) is 1.95. The molecule has 0 aliphatic rings. The third kappa shape index (κ3) is 2.28. The van der Waals surface area contributed by atoms with Gasteiger partial charge in [0, 0.05) is 21.5 Å². The Bertz CT molecular complexity index is 765. The maximum absolute atomic E-state index is 12.5. The van der Waals surface area contributed by atoms with Crippen molar-refractivity contribution >= 4 is 61.0 Å². The van der Waals surface area contributed by atoms with Crippen molar-refractivity contribution in [2.45, 2.75) is 0 Å². The summed E-state index contributed by atoms with van der Waals surface area (Å²) in [4.78, 5) is 14.8. The molecule has 2 N–H and O–H groups in total. The fourth-order valence-corrected chi connectivity index (χ4v) is 4.20. The fraction of sp³-hybridized carbons (Fsp3) is 0.0714. The van der Waals surface area contributed by atoms with Crippen molar-refractivity contribution in [3.8, 4) is 0 Å². The van der Waals surface area contributed by atoms with Crippen LogP contribution in [-0.4, -0.2) is 13.0 Å². The number of thiophene rings is 2. The maximum Gasteiger partial charge on any atom is 0.268 e. The largest absolute Gasteiger partial charge is 0.397 e. The molecule has 0 spiro atoms. The van der Waals surface area contributed by atoms with E-state index in [4.69, 9.17) is 17.3 Å². The smallest absolute Gasteiger partial charge is 0.268 e. The van der Waals surface area contributed by atoms with Crippen LogP contribution in [0.5, 0.6) is 0 Å². The van der Waals surface area contributed by atoms with Crippen LogP contribution < -0.4 is 10.6 Å². The van der Waals surface area contributed by atoms with Crippen LogP contribution in [0.2, 0.25) is 5.02 Å². The number of carbonyl (C=O) groups is 1. The Balaban J connectivity index is 1.97. The van der Waals surface area contributed by atoms with Crippen LogP contribution >= 0.6 is 34.3 Å². The Kier molecular flexibility index (Phi) is 3.41. The first kappa shape index (κ1) is 13.4. The molecule has 0 saturated heterocycles. The Morgan fingerprint density at radius 2 is 2.05 bits per heavy atom. The molecule has 102 valence electrons. The number of hydrogen-bond donors (Lipinski definition) is 1. The highest BCUT2D eigenvalue weighted by Crippen LogP contribution is 2.33. The summed E-state index contributed by atoms with van der Waals surface area (Å²) in [6.45, 7) is 0. The molecule has 1 aromatic carbocycles. The monoisotopic (exact) mass is 322 g/mol. The molecule has 3 rings (SSSR count). The van der Waals surface area contributed by atoms with E-state index >= 15 is 0 Å². The van der Waals surface area contributed by atoms with E-state index in [1.807, 2.05) is 17.5 Å². The van der Waals surface area contributed by atoms with Gasteiger partial charge in [-0.15, -0.1) is 22.7 Å². The van der Waals surface area contributed by atoms with E-state index < -0.39 is 0 Å². The number of hydrogen-bond acceptors (Lipinski definition) is 4. The molecule has 2 heterocycles. The summed E-state index contributed by atoms with van der Waals surface area (Å²) < 4.78 is 2.26. The second kappa shape index (κ2) is 5.09. The molecule has 0 atom stereocenters. The molecule has 0 aliphatic carbocycles. The minimum Gasteiger partial charge on any atom is -0.397 e. The van der Waals surface area contributed by atoms with E-state index in [0.717, 1.165) is 9.40 Å². The SMILES string of the molecule is CN(C(=O)c1cc2sccc2s1)c1cc(Cl)ccc1N. The average Bonchev–Trinajstić information content (AvgIpc) is 3.00. The first-order valence-corrected chi connectivity index (χ1v) is 7.94. The first-order valence-electron chi connectivity index (χ1n) is 5.86. The van der Waals surface area contributed by atoms with E-state index in [-0.39, 0.29) is 5.91 Å². The van der Waals surface area contributed by atoms with Crippen LogP contribution in [-0.2, 0) is 0 Å². The molecule has 2 aromatic heterocycles. The summed E-state index contributed by atoms with van der Waals surface area (Å²) in [7, 11) is 1.71. The molecule has 0 unspecified atom stereocenters. The van der Waals surface area contributed by atoms with Crippen LogP contribution in [0.1, 0.15) is 9.67 Å². The number of carbonyl (C=O) groups excluding carboxylic acids is 1. The van der Waals surface area contributed by atoms with Crippen molar-refractivity contribution in [1.29, 1.82) is 0 Å². The number of halogens is 1. The highest BCUT2D eigenvalue weighted by molar-refractivity contribution is 7.27. The number of benzene rings is 1. The van der Waals surface area contributed by atoms with Gasteiger partial charge in [0.15, 0.2) is 0 Å². The zero-order valence-electron chi connectivity index (χ0n) is 10.6. The Hall–Kier alpha value is -1.56. The van der Waals surface area contributed by atoms with Crippen LogP contribution in [0, 0.1) is 0 Å². The van der Waals surface area contributed by atoms with Gasteiger partial charge in [-0.2, -0.15) is 0 Å². The van der Waals surface area contributed by atoms with Crippen molar-refractivity contribution in [3.63, 3.8) is 0 Å². The lowest BCUT2D eigenvalue weighted by atomic mass is 10.2. The normalized spacial score (nSPS) is 10.9. The number of nitrogen functional groups attached to an aromatic ring is 1. The van der Waals surface area contributed by atoms with Gasteiger partial charge < -0.3 is 10.6 Å². The van der Waals surface area contributed by atoms with Crippen molar-refractivity contribution < 1.29 is 4.79 Å². The molecular weight excluding hydrogens is 312 g/mol. The number of rotatable bonds is 2. The topological polar surface area (TPSA) is 46.3 Å². The lowest BCUT2D eigenvalue weighted by Crippen LogP contribution is -2.26. The van der Waals surface area contributed by atoms with Gasteiger partial charge in [0.2, 0.25) is 0 Å². The standard InChI is InChI=1S/C14H11ClN2OS2/c1-17(10-6-8(15)2-3-9(10)16)14(18)13-7-12-11(20-13)4-5-19-12/h2-7H,16H2,1H3. The Labute approximate surface area is 129 Å². The molecular formula is C14H11ClN2OS2. The number of anilines is 2. The third-order valence-electron chi connectivity index (χ3n) is 3.01. The van der Waals surface area contributed by atoms with Crippen LogP contribution in [0.4, 0.5) is 11.4 Å². The minimum atomic E-state index is -0.0765. The maximum atomic E-state index is 12.5. The first-order chi connectivity index (χ1) is 9.56. The van der Waals surface area contributed by atoms with Gasteiger partial charge in [-0.05, 0) is 35.7 Å².